The molecule has 2 rings (SSSR count). The minimum atomic E-state index is -0.211. The lowest BCUT2D eigenvalue weighted by molar-refractivity contribution is -0.114. The van der Waals surface area contributed by atoms with E-state index in [1.165, 1.54) is 0 Å². The molecule has 0 aliphatic carbocycles. The van der Waals surface area contributed by atoms with Crippen LogP contribution in [0, 0.1) is 0 Å². The van der Waals surface area contributed by atoms with Crippen LogP contribution in [0.5, 0.6) is 5.75 Å². The SMILES string of the molecule is CCCNC(=O)c1cccc(NC(=O)CNc2cccc(OCCOC)c2)c1. The number of rotatable bonds is 11. The first-order valence-electron chi connectivity index (χ1n) is 9.26. The monoisotopic (exact) mass is 385 g/mol. The molecule has 0 atom stereocenters. The van der Waals surface area contributed by atoms with E-state index < -0.39 is 0 Å². The first kappa shape index (κ1) is 21.2. The van der Waals surface area contributed by atoms with Crippen LogP contribution in [0.4, 0.5) is 11.4 Å². The van der Waals surface area contributed by atoms with Gasteiger partial charge in [0.2, 0.25) is 5.91 Å². The smallest absolute Gasteiger partial charge is 0.251 e. The van der Waals surface area contributed by atoms with Crippen molar-refractivity contribution in [2.45, 2.75) is 13.3 Å². The second kappa shape index (κ2) is 11.6. The molecule has 0 spiro atoms. The highest BCUT2D eigenvalue weighted by molar-refractivity contribution is 5.98. The third-order valence-corrected chi connectivity index (χ3v) is 3.79. The number of nitrogens with one attached hydrogen (secondary N) is 3. The van der Waals surface area contributed by atoms with Gasteiger partial charge in [0.15, 0.2) is 0 Å². The molecular formula is C21H27N3O4. The van der Waals surface area contributed by atoms with Crippen LogP contribution in [-0.4, -0.2) is 45.2 Å². The summed E-state index contributed by atoms with van der Waals surface area (Å²) in [5.41, 5.74) is 1.87. The minimum absolute atomic E-state index is 0.0911. The topological polar surface area (TPSA) is 88.7 Å². The summed E-state index contributed by atoms with van der Waals surface area (Å²) in [7, 11) is 1.62. The van der Waals surface area contributed by atoms with E-state index >= 15 is 0 Å². The Balaban J connectivity index is 1.86. The van der Waals surface area contributed by atoms with E-state index in [0.29, 0.717) is 36.8 Å². The van der Waals surface area contributed by atoms with E-state index in [-0.39, 0.29) is 18.4 Å². The normalized spacial score (nSPS) is 10.2. The van der Waals surface area contributed by atoms with Gasteiger partial charge in [0.25, 0.3) is 5.91 Å². The average Bonchev–Trinajstić information content (AvgIpc) is 2.71. The van der Waals surface area contributed by atoms with Gasteiger partial charge in [-0.3, -0.25) is 9.59 Å². The van der Waals surface area contributed by atoms with Gasteiger partial charge in [-0.2, -0.15) is 0 Å². The zero-order chi connectivity index (χ0) is 20.2. The molecule has 0 aliphatic rings. The Hall–Kier alpha value is -3.06. The second-order valence-corrected chi connectivity index (χ2v) is 6.11. The Morgan fingerprint density at radius 1 is 1.00 bits per heavy atom. The molecule has 0 heterocycles. The van der Waals surface area contributed by atoms with Crippen molar-refractivity contribution >= 4 is 23.2 Å². The van der Waals surface area contributed by atoms with Crippen LogP contribution in [0.2, 0.25) is 0 Å². The number of methoxy groups -OCH3 is 1. The lowest BCUT2D eigenvalue weighted by atomic mass is 10.2. The van der Waals surface area contributed by atoms with Gasteiger partial charge in [-0.05, 0) is 36.8 Å². The van der Waals surface area contributed by atoms with E-state index in [1.807, 2.05) is 31.2 Å². The molecular weight excluding hydrogens is 358 g/mol. The molecule has 0 unspecified atom stereocenters. The van der Waals surface area contributed by atoms with E-state index in [9.17, 15) is 9.59 Å². The number of ether oxygens (including phenoxy) is 2. The standard InChI is InChI=1S/C21H27N3O4/c1-3-10-22-21(26)16-6-4-8-18(13-16)24-20(25)15-23-17-7-5-9-19(14-17)28-12-11-27-2/h4-9,13-14,23H,3,10-12,15H2,1-2H3,(H,22,26)(H,24,25). The zero-order valence-electron chi connectivity index (χ0n) is 16.3. The molecule has 2 aromatic carbocycles. The van der Waals surface area contributed by atoms with Crippen LogP contribution in [0.1, 0.15) is 23.7 Å². The molecule has 7 heteroatoms. The molecule has 0 aromatic heterocycles. The summed E-state index contributed by atoms with van der Waals surface area (Å²) in [6.07, 6.45) is 0.868. The van der Waals surface area contributed by atoms with Crippen LogP contribution in [0.15, 0.2) is 48.5 Å². The van der Waals surface area contributed by atoms with Crippen molar-refractivity contribution in [1.29, 1.82) is 0 Å². The Kier molecular flexibility index (Phi) is 8.81. The molecule has 28 heavy (non-hydrogen) atoms. The van der Waals surface area contributed by atoms with Crippen LogP contribution in [-0.2, 0) is 9.53 Å². The van der Waals surface area contributed by atoms with E-state index in [1.54, 1.807) is 31.4 Å². The highest BCUT2D eigenvalue weighted by atomic mass is 16.5. The van der Waals surface area contributed by atoms with Gasteiger partial charge in [-0.25, -0.2) is 0 Å². The Bertz CT molecular complexity index is 780. The Morgan fingerprint density at radius 3 is 2.57 bits per heavy atom. The van der Waals surface area contributed by atoms with Crippen LogP contribution >= 0.6 is 0 Å². The highest BCUT2D eigenvalue weighted by Crippen LogP contribution is 2.17. The predicted molar refractivity (Wildman–Crippen MR) is 110 cm³/mol. The summed E-state index contributed by atoms with van der Waals surface area (Å²) >= 11 is 0. The summed E-state index contributed by atoms with van der Waals surface area (Å²) in [6.45, 7) is 3.67. The van der Waals surface area contributed by atoms with Gasteiger partial charge in [-0.15, -0.1) is 0 Å². The quantitative estimate of drug-likeness (QED) is 0.518. The molecule has 0 bridgehead atoms. The van der Waals surface area contributed by atoms with Crippen molar-refractivity contribution in [1.82, 2.24) is 5.32 Å². The fourth-order valence-corrected chi connectivity index (χ4v) is 2.40. The van der Waals surface area contributed by atoms with Crippen LogP contribution in [0.25, 0.3) is 0 Å². The summed E-state index contributed by atoms with van der Waals surface area (Å²) < 4.78 is 10.5. The van der Waals surface area contributed by atoms with Crippen molar-refractivity contribution < 1.29 is 19.1 Å². The summed E-state index contributed by atoms with van der Waals surface area (Å²) in [5, 5.41) is 8.66. The van der Waals surface area contributed by atoms with Crippen molar-refractivity contribution in [2.24, 2.45) is 0 Å². The van der Waals surface area contributed by atoms with E-state index in [2.05, 4.69) is 16.0 Å². The van der Waals surface area contributed by atoms with Crippen LogP contribution in [0.3, 0.4) is 0 Å². The summed E-state index contributed by atoms with van der Waals surface area (Å²) in [4.78, 5) is 24.2. The van der Waals surface area contributed by atoms with Gasteiger partial charge in [0.1, 0.15) is 12.4 Å². The molecule has 150 valence electrons. The van der Waals surface area contributed by atoms with Gasteiger partial charge in [0, 0.05) is 36.7 Å². The van der Waals surface area contributed by atoms with Crippen molar-refractivity contribution in [2.75, 3.05) is 44.0 Å². The molecule has 0 fully saturated rings. The second-order valence-electron chi connectivity index (χ2n) is 6.11. The zero-order valence-corrected chi connectivity index (χ0v) is 16.3. The maximum absolute atomic E-state index is 12.2. The lowest BCUT2D eigenvalue weighted by Crippen LogP contribution is -2.24. The average molecular weight is 385 g/mol. The maximum Gasteiger partial charge on any atom is 0.251 e. The fourth-order valence-electron chi connectivity index (χ4n) is 2.40. The molecule has 3 N–H and O–H groups in total. The summed E-state index contributed by atoms with van der Waals surface area (Å²) in [5.74, 6) is 0.339. The van der Waals surface area contributed by atoms with Crippen molar-refractivity contribution in [3.63, 3.8) is 0 Å². The van der Waals surface area contributed by atoms with Crippen molar-refractivity contribution in [3.8, 4) is 5.75 Å². The first-order chi connectivity index (χ1) is 13.6. The number of carbonyl (C=O) groups excluding carboxylic acids is 2. The maximum atomic E-state index is 12.2. The van der Waals surface area contributed by atoms with E-state index in [4.69, 9.17) is 9.47 Å². The van der Waals surface area contributed by atoms with Gasteiger partial charge < -0.3 is 25.4 Å². The predicted octanol–water partition coefficient (Wildman–Crippen LogP) is 2.90. The molecule has 0 aliphatic heterocycles. The third-order valence-electron chi connectivity index (χ3n) is 3.79. The lowest BCUT2D eigenvalue weighted by Gasteiger charge is -2.11. The Morgan fingerprint density at radius 2 is 1.79 bits per heavy atom. The number of benzene rings is 2. The van der Waals surface area contributed by atoms with Crippen LogP contribution < -0.4 is 20.7 Å². The summed E-state index contributed by atoms with van der Waals surface area (Å²) in [6, 6.07) is 14.2. The number of anilines is 2. The number of hydrogen-bond donors (Lipinski definition) is 3. The molecule has 0 radical (unpaired) electrons. The van der Waals surface area contributed by atoms with Gasteiger partial charge in [0.05, 0.1) is 13.2 Å². The largest absolute Gasteiger partial charge is 0.491 e. The van der Waals surface area contributed by atoms with Crippen molar-refractivity contribution in [3.05, 3.63) is 54.1 Å². The first-order valence-corrected chi connectivity index (χ1v) is 9.26. The fraction of sp³-hybridized carbons (Fsp3) is 0.333. The number of amides is 2. The number of carbonyl (C=O) groups is 2. The minimum Gasteiger partial charge on any atom is -0.491 e. The molecule has 2 aromatic rings. The molecule has 7 nitrogen and oxygen atoms in total. The van der Waals surface area contributed by atoms with Gasteiger partial charge in [-0.1, -0.05) is 19.1 Å². The molecule has 2 amide bonds. The van der Waals surface area contributed by atoms with E-state index in [0.717, 1.165) is 12.1 Å². The Labute approximate surface area is 165 Å². The molecule has 0 saturated heterocycles. The third kappa shape index (κ3) is 7.28. The number of hydrogen-bond acceptors (Lipinski definition) is 5. The van der Waals surface area contributed by atoms with Gasteiger partial charge >= 0.3 is 0 Å². The highest BCUT2D eigenvalue weighted by Gasteiger charge is 2.08. The molecule has 0 saturated carbocycles.